The van der Waals surface area contributed by atoms with E-state index in [2.05, 4.69) is 43.1 Å². The molecule has 0 radical (unpaired) electrons. The van der Waals surface area contributed by atoms with Crippen molar-refractivity contribution in [3.8, 4) is 0 Å². The van der Waals surface area contributed by atoms with Crippen LogP contribution >= 0.6 is 0 Å². The molecule has 1 aromatic heterocycles. The van der Waals surface area contributed by atoms with Gasteiger partial charge >= 0.3 is 5.97 Å². The second-order valence-electron chi connectivity index (χ2n) is 9.88. The molecule has 0 N–H and O–H groups in total. The second-order valence-corrected chi connectivity index (χ2v) is 9.88. The van der Waals surface area contributed by atoms with E-state index in [0.717, 1.165) is 25.7 Å². The molecule has 29 heavy (non-hydrogen) atoms. The van der Waals surface area contributed by atoms with Crippen molar-refractivity contribution < 1.29 is 9.53 Å². The number of fused-ring (bicyclic) bond motifs is 5. The molecule has 152 valence electrons. The van der Waals surface area contributed by atoms with Gasteiger partial charge in [-0.15, -0.1) is 0 Å². The van der Waals surface area contributed by atoms with E-state index in [1.165, 1.54) is 30.9 Å². The van der Waals surface area contributed by atoms with E-state index in [9.17, 15) is 4.79 Å². The van der Waals surface area contributed by atoms with Crippen molar-refractivity contribution in [1.29, 1.82) is 0 Å². The van der Waals surface area contributed by atoms with Crippen LogP contribution < -0.4 is 0 Å². The van der Waals surface area contributed by atoms with Gasteiger partial charge in [0.2, 0.25) is 0 Å². The molecule has 0 spiro atoms. The molecule has 1 heterocycles. The van der Waals surface area contributed by atoms with E-state index in [1.54, 1.807) is 11.1 Å². The lowest BCUT2D eigenvalue weighted by atomic mass is 9.49. The minimum absolute atomic E-state index is 0.0711. The summed E-state index contributed by atoms with van der Waals surface area (Å²) in [6.45, 7) is 6.45. The minimum atomic E-state index is -0.147. The largest absolute Gasteiger partial charge is 0.462 e. The predicted molar refractivity (Wildman–Crippen MR) is 115 cm³/mol. The average Bonchev–Trinajstić information content (AvgIpc) is 3.06. The van der Waals surface area contributed by atoms with Gasteiger partial charge in [-0.3, -0.25) is 9.78 Å². The summed E-state index contributed by atoms with van der Waals surface area (Å²) >= 11 is 0. The van der Waals surface area contributed by atoms with Gasteiger partial charge in [0, 0.05) is 31.2 Å². The van der Waals surface area contributed by atoms with Crippen LogP contribution in [-0.4, -0.2) is 17.1 Å². The molecule has 0 saturated heterocycles. The van der Waals surface area contributed by atoms with Crippen molar-refractivity contribution in [2.24, 2.45) is 22.7 Å². The van der Waals surface area contributed by atoms with Crippen molar-refractivity contribution in [3.63, 3.8) is 0 Å². The average molecular weight is 390 g/mol. The Hall–Kier alpha value is -2.16. The lowest BCUT2D eigenvalue weighted by Crippen LogP contribution is -2.47. The Morgan fingerprint density at radius 3 is 2.83 bits per heavy atom. The van der Waals surface area contributed by atoms with Gasteiger partial charge in [0.15, 0.2) is 0 Å². The molecule has 3 nitrogen and oxygen atoms in total. The monoisotopic (exact) mass is 389 g/mol. The first-order valence-corrected chi connectivity index (χ1v) is 11.1. The Bertz CT molecular complexity index is 927. The van der Waals surface area contributed by atoms with Gasteiger partial charge in [-0.2, -0.15) is 0 Å². The maximum atomic E-state index is 11.4. The summed E-state index contributed by atoms with van der Waals surface area (Å²) in [5.74, 6) is 1.17. The molecule has 0 aromatic carbocycles. The zero-order valence-corrected chi connectivity index (χ0v) is 17.8. The highest BCUT2D eigenvalue weighted by Gasteiger charge is 2.54. The molecule has 4 aliphatic carbocycles. The first kappa shape index (κ1) is 18.8. The lowest BCUT2D eigenvalue weighted by molar-refractivity contribution is -0.148. The quantitative estimate of drug-likeness (QED) is 0.468. The number of pyridine rings is 1. The second kappa shape index (κ2) is 6.68. The first-order valence-electron chi connectivity index (χ1n) is 11.1. The standard InChI is InChI=1S/C26H31NO2/c1-17(28)29-20-10-12-25(2)19(15-20)6-7-21-23-9-8-22(18-5-4-14-27-16-18)26(23,3)13-11-24(21)25/h4-6,8-9,14,16,20-21,24H,7,10-13,15H2,1-3H3. The van der Waals surface area contributed by atoms with E-state index in [0.29, 0.717) is 11.8 Å². The molecule has 3 heteroatoms. The molecular formula is C26H31NO2. The van der Waals surface area contributed by atoms with E-state index >= 15 is 0 Å². The zero-order chi connectivity index (χ0) is 20.2. The Kier molecular flexibility index (Phi) is 4.34. The van der Waals surface area contributed by atoms with E-state index in [4.69, 9.17) is 4.74 Å². The highest BCUT2D eigenvalue weighted by Crippen LogP contribution is 2.64. The van der Waals surface area contributed by atoms with E-state index in [-0.39, 0.29) is 22.9 Å². The third kappa shape index (κ3) is 2.85. The van der Waals surface area contributed by atoms with Gasteiger partial charge in [0.1, 0.15) is 6.10 Å². The molecule has 1 aromatic rings. The number of esters is 1. The highest BCUT2D eigenvalue weighted by molar-refractivity contribution is 5.78. The van der Waals surface area contributed by atoms with Crippen molar-refractivity contribution in [1.82, 2.24) is 4.98 Å². The SMILES string of the molecule is CC(=O)OC1CCC2(C)C(=CCC3C4=CC=C(c5cccnc5)C4(C)CCC32)C1. The van der Waals surface area contributed by atoms with Gasteiger partial charge < -0.3 is 4.74 Å². The Labute approximate surface area is 173 Å². The van der Waals surface area contributed by atoms with Crippen molar-refractivity contribution in [2.75, 3.05) is 0 Å². The van der Waals surface area contributed by atoms with Crippen LogP contribution in [0, 0.1) is 22.7 Å². The Morgan fingerprint density at radius 1 is 1.21 bits per heavy atom. The number of hydrogen-bond donors (Lipinski definition) is 0. The number of ether oxygens (including phenoxy) is 1. The maximum Gasteiger partial charge on any atom is 0.302 e. The third-order valence-corrected chi connectivity index (χ3v) is 8.41. The molecule has 2 fully saturated rings. The van der Waals surface area contributed by atoms with Crippen LogP contribution in [0.4, 0.5) is 0 Å². The van der Waals surface area contributed by atoms with Crippen LogP contribution in [0.25, 0.3) is 5.57 Å². The lowest BCUT2D eigenvalue weighted by Gasteiger charge is -2.56. The van der Waals surface area contributed by atoms with Crippen molar-refractivity contribution in [3.05, 3.63) is 59.5 Å². The molecule has 2 saturated carbocycles. The number of hydrogen-bond acceptors (Lipinski definition) is 3. The van der Waals surface area contributed by atoms with Crippen LogP contribution in [0.2, 0.25) is 0 Å². The van der Waals surface area contributed by atoms with Gasteiger partial charge in [-0.1, -0.05) is 49.3 Å². The number of allylic oxidation sites excluding steroid dienone is 5. The third-order valence-electron chi connectivity index (χ3n) is 8.41. The number of carbonyl (C=O) groups excluding carboxylic acids is 1. The summed E-state index contributed by atoms with van der Waals surface area (Å²) < 4.78 is 5.56. The smallest absolute Gasteiger partial charge is 0.302 e. The molecular weight excluding hydrogens is 358 g/mol. The topological polar surface area (TPSA) is 39.2 Å². The summed E-state index contributed by atoms with van der Waals surface area (Å²) in [5, 5.41) is 0. The fourth-order valence-electron chi connectivity index (χ4n) is 6.91. The molecule has 0 amide bonds. The van der Waals surface area contributed by atoms with Crippen LogP contribution in [0.15, 0.2) is 53.9 Å². The van der Waals surface area contributed by atoms with Crippen LogP contribution in [-0.2, 0) is 9.53 Å². The molecule has 5 unspecified atom stereocenters. The summed E-state index contributed by atoms with van der Waals surface area (Å²) in [4.78, 5) is 15.8. The predicted octanol–water partition coefficient (Wildman–Crippen LogP) is 5.89. The van der Waals surface area contributed by atoms with Crippen LogP contribution in [0.3, 0.4) is 0 Å². The summed E-state index contributed by atoms with van der Waals surface area (Å²) in [7, 11) is 0. The normalized spacial score (nSPS) is 38.0. The van der Waals surface area contributed by atoms with Gasteiger partial charge in [0.05, 0.1) is 0 Å². The molecule has 5 atom stereocenters. The Morgan fingerprint density at radius 2 is 2.07 bits per heavy atom. The molecule has 5 rings (SSSR count). The fourth-order valence-corrected chi connectivity index (χ4v) is 6.91. The molecule has 0 aliphatic heterocycles. The van der Waals surface area contributed by atoms with Gasteiger partial charge in [-0.05, 0) is 66.6 Å². The van der Waals surface area contributed by atoms with E-state index in [1.807, 2.05) is 18.5 Å². The molecule has 0 bridgehead atoms. The van der Waals surface area contributed by atoms with Gasteiger partial charge in [0.25, 0.3) is 0 Å². The summed E-state index contributed by atoms with van der Waals surface area (Å²) in [6, 6.07) is 4.24. The zero-order valence-electron chi connectivity index (χ0n) is 17.8. The summed E-state index contributed by atoms with van der Waals surface area (Å²) in [6.07, 6.45) is 17.8. The number of carbonyl (C=O) groups is 1. The van der Waals surface area contributed by atoms with Crippen LogP contribution in [0.1, 0.15) is 64.9 Å². The van der Waals surface area contributed by atoms with Crippen LogP contribution in [0.5, 0.6) is 0 Å². The maximum absolute atomic E-state index is 11.4. The molecule has 4 aliphatic rings. The van der Waals surface area contributed by atoms with E-state index < -0.39 is 0 Å². The summed E-state index contributed by atoms with van der Waals surface area (Å²) in [5.41, 5.74) is 6.27. The minimum Gasteiger partial charge on any atom is -0.462 e. The van der Waals surface area contributed by atoms with Crippen molar-refractivity contribution in [2.45, 2.75) is 65.4 Å². The highest BCUT2D eigenvalue weighted by atomic mass is 16.5. The number of nitrogens with zero attached hydrogens (tertiary/aromatic N) is 1. The first-order chi connectivity index (χ1) is 13.9. The number of aromatic nitrogens is 1. The number of rotatable bonds is 2. The van der Waals surface area contributed by atoms with Gasteiger partial charge in [-0.25, -0.2) is 0 Å². The Balaban J connectivity index is 1.42. The fraction of sp³-hybridized carbons (Fsp3) is 0.538. The van der Waals surface area contributed by atoms with Crippen molar-refractivity contribution >= 4 is 11.5 Å².